The topological polar surface area (TPSA) is 37.5 Å². The van der Waals surface area contributed by atoms with Gasteiger partial charge >= 0.3 is 6.18 Å². The van der Waals surface area contributed by atoms with Crippen LogP contribution in [0.3, 0.4) is 0 Å². The molecule has 0 bridgehead atoms. The zero-order chi connectivity index (χ0) is 14.4. The van der Waals surface area contributed by atoms with Crippen LogP contribution in [-0.4, -0.2) is 14.5 Å². The molecule has 0 aliphatic rings. The van der Waals surface area contributed by atoms with Gasteiger partial charge in [-0.15, -0.1) is 0 Å². The van der Waals surface area contributed by atoms with Crippen LogP contribution >= 0.6 is 0 Å². The predicted octanol–water partition coefficient (Wildman–Crippen LogP) is 3.14. The molecule has 0 saturated heterocycles. The van der Waals surface area contributed by atoms with Gasteiger partial charge in [0.05, 0.1) is 23.6 Å². The van der Waals surface area contributed by atoms with E-state index >= 15 is 0 Å². The lowest BCUT2D eigenvalue weighted by Gasteiger charge is -2.16. The molecule has 0 atom stereocenters. The van der Waals surface area contributed by atoms with E-state index in [-0.39, 0.29) is 12.3 Å². The highest BCUT2D eigenvalue weighted by molar-refractivity contribution is 5.53. The normalized spacial score (nSPS) is 13.2. The van der Waals surface area contributed by atoms with E-state index in [0.717, 1.165) is 6.07 Å². The number of aromatic nitrogens is 2. The molecule has 3 nitrogen and oxygen atoms in total. The Hall–Kier alpha value is -1.56. The molecular weight excluding hydrogens is 257 g/mol. The third-order valence-electron chi connectivity index (χ3n) is 2.91. The van der Waals surface area contributed by atoms with Crippen LogP contribution in [-0.2, 0) is 18.2 Å². The highest BCUT2D eigenvalue weighted by Gasteiger charge is 2.35. The Bertz CT molecular complexity index is 609. The van der Waals surface area contributed by atoms with Gasteiger partial charge < -0.3 is 9.51 Å². The van der Waals surface area contributed by atoms with E-state index < -0.39 is 17.2 Å². The summed E-state index contributed by atoms with van der Waals surface area (Å²) in [7, 11) is 0. The molecule has 19 heavy (non-hydrogen) atoms. The van der Waals surface area contributed by atoms with Crippen molar-refractivity contribution in [3.8, 4) is 0 Å². The Labute approximate surface area is 108 Å². The van der Waals surface area contributed by atoms with Crippen molar-refractivity contribution in [2.45, 2.75) is 39.0 Å². The average molecular weight is 272 g/mol. The fraction of sp³-hybridized carbons (Fsp3) is 0.462. The molecule has 2 heterocycles. The van der Waals surface area contributed by atoms with Crippen molar-refractivity contribution in [3.63, 3.8) is 0 Å². The van der Waals surface area contributed by atoms with Crippen LogP contribution in [0.15, 0.2) is 18.3 Å². The first kappa shape index (κ1) is 13.9. The van der Waals surface area contributed by atoms with Crippen LogP contribution in [0.1, 0.15) is 37.7 Å². The largest absolute Gasteiger partial charge is 0.419 e. The lowest BCUT2D eigenvalue weighted by molar-refractivity contribution is -0.136. The molecule has 2 rings (SSSR count). The maximum Gasteiger partial charge on any atom is 0.419 e. The van der Waals surface area contributed by atoms with Crippen molar-refractivity contribution >= 4 is 5.65 Å². The second-order valence-electron chi connectivity index (χ2n) is 5.43. The quantitative estimate of drug-likeness (QED) is 0.866. The number of hydrogen-bond donors (Lipinski definition) is 1. The number of fused-ring (bicyclic) bond motifs is 1. The van der Waals surface area contributed by atoms with Crippen LogP contribution in [0, 0.1) is 0 Å². The van der Waals surface area contributed by atoms with E-state index in [1.165, 1.54) is 16.7 Å². The van der Waals surface area contributed by atoms with Gasteiger partial charge in [0.25, 0.3) is 0 Å². The second-order valence-corrected chi connectivity index (χ2v) is 5.43. The van der Waals surface area contributed by atoms with Gasteiger partial charge in [-0.05, 0) is 12.1 Å². The Balaban J connectivity index is 2.83. The molecule has 2 aromatic rings. The zero-order valence-electron chi connectivity index (χ0n) is 10.9. The summed E-state index contributed by atoms with van der Waals surface area (Å²) in [6.45, 7) is 5.19. The molecule has 0 radical (unpaired) electrons. The number of rotatable bonds is 1. The molecule has 0 spiro atoms. The summed E-state index contributed by atoms with van der Waals surface area (Å²) in [5, 5.41) is 9.42. The van der Waals surface area contributed by atoms with E-state index in [4.69, 9.17) is 0 Å². The van der Waals surface area contributed by atoms with Crippen molar-refractivity contribution < 1.29 is 18.3 Å². The Kier molecular flexibility index (Phi) is 3.09. The third-order valence-corrected chi connectivity index (χ3v) is 2.91. The summed E-state index contributed by atoms with van der Waals surface area (Å²) < 4.78 is 40.1. The van der Waals surface area contributed by atoms with Crippen molar-refractivity contribution in [2.75, 3.05) is 0 Å². The Morgan fingerprint density at radius 1 is 1.26 bits per heavy atom. The summed E-state index contributed by atoms with van der Waals surface area (Å²) in [5.41, 5.74) is -0.517. The number of hydrogen-bond acceptors (Lipinski definition) is 2. The molecule has 0 saturated carbocycles. The van der Waals surface area contributed by atoms with Crippen LogP contribution in [0.2, 0.25) is 0 Å². The number of pyridine rings is 1. The predicted molar refractivity (Wildman–Crippen MR) is 64.8 cm³/mol. The molecule has 0 unspecified atom stereocenters. The van der Waals surface area contributed by atoms with Crippen molar-refractivity contribution in [1.29, 1.82) is 0 Å². The van der Waals surface area contributed by atoms with E-state index in [1.54, 1.807) is 0 Å². The number of nitrogens with zero attached hydrogens (tertiary/aromatic N) is 2. The Morgan fingerprint density at radius 2 is 1.89 bits per heavy atom. The van der Waals surface area contributed by atoms with Crippen LogP contribution in [0.4, 0.5) is 13.2 Å². The van der Waals surface area contributed by atoms with Gasteiger partial charge in [-0.25, -0.2) is 4.98 Å². The molecule has 1 N–H and O–H groups in total. The summed E-state index contributed by atoms with van der Waals surface area (Å²) in [6, 6.07) is 2.30. The number of halogens is 3. The molecule has 6 heteroatoms. The van der Waals surface area contributed by atoms with Crippen molar-refractivity contribution in [1.82, 2.24) is 9.38 Å². The smallest absolute Gasteiger partial charge is 0.390 e. The van der Waals surface area contributed by atoms with Gasteiger partial charge in [-0.2, -0.15) is 13.2 Å². The van der Waals surface area contributed by atoms with Crippen LogP contribution in [0.5, 0.6) is 0 Å². The first-order valence-corrected chi connectivity index (χ1v) is 5.84. The fourth-order valence-corrected chi connectivity index (χ4v) is 2.09. The molecule has 2 aromatic heterocycles. The lowest BCUT2D eigenvalue weighted by atomic mass is 9.91. The van der Waals surface area contributed by atoms with E-state index in [2.05, 4.69) is 4.98 Å². The summed E-state index contributed by atoms with van der Waals surface area (Å²) in [5.74, 6) is 0. The van der Waals surface area contributed by atoms with Gasteiger partial charge in [-0.3, -0.25) is 0 Å². The van der Waals surface area contributed by atoms with Gasteiger partial charge in [0.15, 0.2) is 0 Å². The van der Waals surface area contributed by atoms with Gasteiger partial charge in [-0.1, -0.05) is 20.8 Å². The van der Waals surface area contributed by atoms with Crippen LogP contribution < -0.4 is 0 Å². The minimum absolute atomic E-state index is 0.163. The van der Waals surface area contributed by atoms with Crippen LogP contribution in [0.25, 0.3) is 5.65 Å². The first-order valence-electron chi connectivity index (χ1n) is 5.84. The SMILES string of the molecule is CC(C)(C)c1nc2c(C(F)(F)F)cccn2c1CO. The van der Waals surface area contributed by atoms with E-state index in [1.807, 2.05) is 20.8 Å². The van der Waals surface area contributed by atoms with Gasteiger partial charge in [0.1, 0.15) is 5.65 Å². The fourth-order valence-electron chi connectivity index (χ4n) is 2.09. The maximum absolute atomic E-state index is 12.9. The van der Waals surface area contributed by atoms with Crippen molar-refractivity contribution in [2.24, 2.45) is 0 Å². The monoisotopic (exact) mass is 272 g/mol. The number of imidazole rings is 1. The van der Waals surface area contributed by atoms with E-state index in [9.17, 15) is 18.3 Å². The third kappa shape index (κ3) is 2.32. The molecule has 0 amide bonds. The molecule has 104 valence electrons. The average Bonchev–Trinajstić information content (AvgIpc) is 2.65. The molecule has 0 fully saturated rings. The minimum atomic E-state index is -4.46. The number of aliphatic hydroxyl groups is 1. The minimum Gasteiger partial charge on any atom is -0.390 e. The second kappa shape index (κ2) is 4.23. The zero-order valence-corrected chi connectivity index (χ0v) is 10.9. The molecule has 0 aromatic carbocycles. The summed E-state index contributed by atoms with van der Waals surface area (Å²) in [4.78, 5) is 4.10. The highest BCUT2D eigenvalue weighted by atomic mass is 19.4. The lowest BCUT2D eigenvalue weighted by Crippen LogP contribution is -2.14. The maximum atomic E-state index is 12.9. The molecule has 0 aliphatic heterocycles. The molecular formula is C13H15F3N2O. The van der Waals surface area contributed by atoms with Crippen molar-refractivity contribution in [3.05, 3.63) is 35.3 Å². The first-order chi connectivity index (χ1) is 8.66. The summed E-state index contributed by atoms with van der Waals surface area (Å²) >= 11 is 0. The van der Waals surface area contributed by atoms with Gasteiger partial charge in [0.2, 0.25) is 0 Å². The number of alkyl halides is 3. The number of aliphatic hydroxyl groups excluding tert-OH is 1. The highest BCUT2D eigenvalue weighted by Crippen LogP contribution is 2.34. The van der Waals surface area contributed by atoms with Gasteiger partial charge in [0, 0.05) is 11.6 Å². The Morgan fingerprint density at radius 3 is 2.37 bits per heavy atom. The molecule has 0 aliphatic carbocycles. The standard InChI is InChI=1S/C13H15F3N2O/c1-12(2,3)10-9(7-19)18-6-4-5-8(11(18)17-10)13(14,15)16/h4-6,19H,7H2,1-3H3. The van der Waals surface area contributed by atoms with E-state index in [0.29, 0.717) is 11.4 Å². The summed E-state index contributed by atoms with van der Waals surface area (Å²) in [6.07, 6.45) is -2.98.